The Morgan fingerprint density at radius 2 is 2.14 bits per heavy atom. The molecule has 2 heteroatoms. The van der Waals surface area contributed by atoms with E-state index in [2.05, 4.69) is 4.74 Å². The van der Waals surface area contributed by atoms with Gasteiger partial charge in [0.05, 0.1) is 7.11 Å². The number of methoxy groups -OCH3 is 1. The van der Waals surface area contributed by atoms with E-state index in [1.54, 1.807) is 6.08 Å². The largest absolute Gasteiger partial charge is 0.466 e. The highest BCUT2D eigenvalue weighted by Gasteiger charge is 2.36. The highest BCUT2D eigenvalue weighted by atomic mass is 16.5. The first-order chi connectivity index (χ1) is 6.81. The van der Waals surface area contributed by atoms with Crippen LogP contribution in [0.5, 0.6) is 0 Å². The van der Waals surface area contributed by atoms with E-state index in [1.807, 2.05) is 0 Å². The monoisotopic (exact) mass is 194 g/mol. The van der Waals surface area contributed by atoms with E-state index in [1.165, 1.54) is 44.8 Å². The molecule has 0 aliphatic heterocycles. The number of fused-ring (bicyclic) bond motifs is 1. The maximum atomic E-state index is 11.1. The normalized spacial score (nSPS) is 34.2. The van der Waals surface area contributed by atoms with Gasteiger partial charge in [-0.1, -0.05) is 24.8 Å². The second-order valence-electron chi connectivity index (χ2n) is 4.45. The van der Waals surface area contributed by atoms with E-state index >= 15 is 0 Å². The molecule has 0 bridgehead atoms. The zero-order valence-corrected chi connectivity index (χ0v) is 8.79. The van der Waals surface area contributed by atoms with Gasteiger partial charge in [-0.05, 0) is 31.1 Å². The molecule has 0 spiro atoms. The van der Waals surface area contributed by atoms with Crippen LogP contribution >= 0.6 is 0 Å². The first-order valence-electron chi connectivity index (χ1n) is 5.59. The van der Waals surface area contributed by atoms with Gasteiger partial charge in [-0.25, -0.2) is 4.79 Å². The van der Waals surface area contributed by atoms with E-state index in [0.717, 1.165) is 12.3 Å². The van der Waals surface area contributed by atoms with E-state index in [4.69, 9.17) is 0 Å². The average Bonchev–Trinajstić information content (AvgIpc) is 2.36. The SMILES string of the molecule is COC(=O)/C=C1/CC2CCCCCC12. The molecule has 14 heavy (non-hydrogen) atoms. The fraction of sp³-hybridized carbons (Fsp3) is 0.750. The Morgan fingerprint density at radius 1 is 1.36 bits per heavy atom. The number of allylic oxidation sites excluding steroid dienone is 1. The zero-order chi connectivity index (χ0) is 9.97. The Bertz CT molecular complexity index is 255. The van der Waals surface area contributed by atoms with Crippen molar-refractivity contribution in [3.05, 3.63) is 11.6 Å². The number of ether oxygens (including phenoxy) is 1. The number of hydrogen-bond donors (Lipinski definition) is 0. The fourth-order valence-electron chi connectivity index (χ4n) is 2.79. The Labute approximate surface area is 85.3 Å². The molecule has 2 fully saturated rings. The van der Waals surface area contributed by atoms with Gasteiger partial charge in [0, 0.05) is 6.08 Å². The molecule has 2 saturated carbocycles. The van der Waals surface area contributed by atoms with Crippen LogP contribution in [0.15, 0.2) is 11.6 Å². The summed E-state index contributed by atoms with van der Waals surface area (Å²) in [6.07, 6.45) is 9.59. The Balaban J connectivity index is 1.98. The number of carbonyl (C=O) groups excluding carboxylic acids is 1. The van der Waals surface area contributed by atoms with E-state index in [9.17, 15) is 4.79 Å². The molecule has 0 heterocycles. The van der Waals surface area contributed by atoms with Crippen LogP contribution < -0.4 is 0 Å². The number of carbonyl (C=O) groups is 1. The molecule has 2 rings (SSSR count). The standard InChI is InChI=1S/C12H18O2/c1-14-12(13)8-10-7-9-5-3-2-4-6-11(9)10/h8-9,11H,2-7H2,1H3/b10-8-. The van der Waals surface area contributed by atoms with Crippen LogP contribution in [0.2, 0.25) is 0 Å². The molecule has 2 unspecified atom stereocenters. The van der Waals surface area contributed by atoms with Crippen molar-refractivity contribution in [3.8, 4) is 0 Å². The van der Waals surface area contributed by atoms with E-state index in [0.29, 0.717) is 5.92 Å². The van der Waals surface area contributed by atoms with E-state index in [-0.39, 0.29) is 5.97 Å². The van der Waals surface area contributed by atoms with Crippen LogP contribution in [0.4, 0.5) is 0 Å². The van der Waals surface area contributed by atoms with Gasteiger partial charge < -0.3 is 4.74 Å². The molecule has 0 aromatic rings. The summed E-state index contributed by atoms with van der Waals surface area (Å²) in [5, 5.41) is 0. The van der Waals surface area contributed by atoms with Gasteiger partial charge >= 0.3 is 5.97 Å². The van der Waals surface area contributed by atoms with Crippen LogP contribution in [-0.2, 0) is 9.53 Å². The maximum absolute atomic E-state index is 11.1. The minimum atomic E-state index is -0.178. The van der Waals surface area contributed by atoms with Gasteiger partial charge in [0.15, 0.2) is 0 Å². The lowest BCUT2D eigenvalue weighted by atomic mass is 9.66. The number of hydrogen-bond acceptors (Lipinski definition) is 2. The quantitative estimate of drug-likeness (QED) is 0.474. The van der Waals surface area contributed by atoms with Gasteiger partial charge in [0.25, 0.3) is 0 Å². The van der Waals surface area contributed by atoms with Crippen molar-refractivity contribution < 1.29 is 9.53 Å². The lowest BCUT2D eigenvalue weighted by Gasteiger charge is -2.38. The van der Waals surface area contributed by atoms with Crippen molar-refractivity contribution in [3.63, 3.8) is 0 Å². The molecule has 2 aliphatic rings. The molecule has 78 valence electrons. The Morgan fingerprint density at radius 3 is 2.93 bits per heavy atom. The molecule has 0 aromatic carbocycles. The first-order valence-corrected chi connectivity index (χ1v) is 5.59. The Hall–Kier alpha value is -0.790. The van der Waals surface area contributed by atoms with Gasteiger partial charge in [-0.15, -0.1) is 0 Å². The van der Waals surface area contributed by atoms with Crippen LogP contribution in [0.3, 0.4) is 0 Å². The smallest absolute Gasteiger partial charge is 0.330 e. The lowest BCUT2D eigenvalue weighted by molar-refractivity contribution is -0.135. The molecule has 2 aliphatic carbocycles. The van der Waals surface area contributed by atoms with Crippen LogP contribution in [0, 0.1) is 11.8 Å². The van der Waals surface area contributed by atoms with Crippen LogP contribution in [-0.4, -0.2) is 13.1 Å². The van der Waals surface area contributed by atoms with Crippen molar-refractivity contribution >= 4 is 5.97 Å². The second kappa shape index (κ2) is 4.16. The second-order valence-corrected chi connectivity index (χ2v) is 4.45. The third-order valence-corrected chi connectivity index (χ3v) is 3.64. The van der Waals surface area contributed by atoms with Gasteiger partial charge in [-0.2, -0.15) is 0 Å². The molecule has 0 aromatic heterocycles. The van der Waals surface area contributed by atoms with Crippen molar-refractivity contribution in [1.82, 2.24) is 0 Å². The minimum Gasteiger partial charge on any atom is -0.466 e. The summed E-state index contributed by atoms with van der Waals surface area (Å²) in [6.45, 7) is 0. The van der Waals surface area contributed by atoms with Crippen molar-refractivity contribution in [2.45, 2.75) is 38.5 Å². The maximum Gasteiger partial charge on any atom is 0.330 e. The minimum absolute atomic E-state index is 0.178. The molecule has 0 N–H and O–H groups in total. The van der Waals surface area contributed by atoms with Crippen molar-refractivity contribution in [1.29, 1.82) is 0 Å². The zero-order valence-electron chi connectivity index (χ0n) is 8.79. The third-order valence-electron chi connectivity index (χ3n) is 3.64. The summed E-state index contributed by atoms with van der Waals surface area (Å²) in [4.78, 5) is 11.1. The van der Waals surface area contributed by atoms with Crippen molar-refractivity contribution in [2.75, 3.05) is 7.11 Å². The Kier molecular flexibility index (Phi) is 2.90. The summed E-state index contributed by atoms with van der Waals surface area (Å²) in [5.74, 6) is 1.40. The first kappa shape index (κ1) is 9.75. The summed E-state index contributed by atoms with van der Waals surface area (Å²) < 4.78 is 4.65. The van der Waals surface area contributed by atoms with E-state index < -0.39 is 0 Å². The molecular weight excluding hydrogens is 176 g/mol. The average molecular weight is 194 g/mol. The molecular formula is C12H18O2. The summed E-state index contributed by atoms with van der Waals surface area (Å²) in [5.41, 5.74) is 1.34. The summed E-state index contributed by atoms with van der Waals surface area (Å²) >= 11 is 0. The molecule has 0 amide bonds. The summed E-state index contributed by atoms with van der Waals surface area (Å²) in [7, 11) is 1.45. The molecule has 2 nitrogen and oxygen atoms in total. The lowest BCUT2D eigenvalue weighted by Crippen LogP contribution is -2.28. The predicted molar refractivity (Wildman–Crippen MR) is 54.8 cm³/mol. The van der Waals surface area contributed by atoms with Crippen molar-refractivity contribution in [2.24, 2.45) is 11.8 Å². The molecule has 0 saturated heterocycles. The number of rotatable bonds is 1. The van der Waals surface area contributed by atoms with Gasteiger partial charge in [-0.3, -0.25) is 0 Å². The third kappa shape index (κ3) is 1.84. The highest BCUT2D eigenvalue weighted by Crippen LogP contribution is 2.47. The summed E-state index contributed by atoms with van der Waals surface area (Å²) in [6, 6.07) is 0. The van der Waals surface area contributed by atoms with Crippen LogP contribution in [0.25, 0.3) is 0 Å². The molecule has 2 atom stereocenters. The van der Waals surface area contributed by atoms with Gasteiger partial charge in [0.2, 0.25) is 0 Å². The predicted octanol–water partition coefficient (Wildman–Crippen LogP) is 2.69. The highest BCUT2D eigenvalue weighted by molar-refractivity contribution is 5.83. The number of esters is 1. The fourth-order valence-corrected chi connectivity index (χ4v) is 2.79. The van der Waals surface area contributed by atoms with Gasteiger partial charge in [0.1, 0.15) is 0 Å². The molecule has 0 radical (unpaired) electrons. The van der Waals surface area contributed by atoms with Crippen LogP contribution in [0.1, 0.15) is 38.5 Å². The topological polar surface area (TPSA) is 26.3 Å².